The third kappa shape index (κ3) is 7.91. The van der Waals surface area contributed by atoms with Crippen molar-refractivity contribution in [1.82, 2.24) is 5.32 Å². The van der Waals surface area contributed by atoms with Crippen molar-refractivity contribution in [3.05, 3.63) is 156 Å². The molecule has 6 nitrogen and oxygen atoms in total. The molecule has 0 fully saturated rings. The van der Waals surface area contributed by atoms with E-state index in [0.717, 1.165) is 21.6 Å². The molecule has 5 aromatic rings. The highest BCUT2D eigenvalue weighted by atomic mass is 32.2. The van der Waals surface area contributed by atoms with Gasteiger partial charge in [-0.15, -0.1) is 11.8 Å². The Balaban J connectivity index is 1.33. The van der Waals surface area contributed by atoms with E-state index in [1.165, 1.54) is 18.9 Å². The number of hydrogen-bond acceptors (Lipinski definition) is 5. The molecule has 0 saturated heterocycles. The van der Waals surface area contributed by atoms with E-state index in [0.29, 0.717) is 22.6 Å². The Labute approximate surface area is 260 Å². The van der Waals surface area contributed by atoms with Crippen LogP contribution in [0.5, 0.6) is 5.75 Å². The minimum atomic E-state index is -0.478. The molecule has 0 saturated carbocycles. The molecule has 218 valence electrons. The van der Waals surface area contributed by atoms with E-state index in [4.69, 9.17) is 4.74 Å². The lowest BCUT2D eigenvalue weighted by Crippen LogP contribution is -2.30. The fraction of sp³-hybridized carbons (Fsp3) is 0.0541. The lowest BCUT2D eigenvalue weighted by Gasteiger charge is -2.12. The lowest BCUT2D eigenvalue weighted by molar-refractivity contribution is -0.113. The van der Waals surface area contributed by atoms with Crippen LogP contribution in [0.1, 0.15) is 26.3 Å². The largest absolute Gasteiger partial charge is 0.496 e. The van der Waals surface area contributed by atoms with Gasteiger partial charge in [0.15, 0.2) is 5.78 Å². The molecule has 0 atom stereocenters. The average Bonchev–Trinajstić information content (AvgIpc) is 3.08. The molecule has 0 aliphatic heterocycles. The van der Waals surface area contributed by atoms with Gasteiger partial charge in [0, 0.05) is 16.1 Å². The van der Waals surface area contributed by atoms with Gasteiger partial charge in [0.1, 0.15) is 11.4 Å². The highest BCUT2D eigenvalue weighted by Gasteiger charge is 2.16. The second kappa shape index (κ2) is 14.7. The van der Waals surface area contributed by atoms with Crippen molar-refractivity contribution >= 4 is 41.1 Å². The molecule has 0 spiro atoms. The number of benzene rings is 5. The number of carbonyl (C=O) groups excluding carboxylic acids is 3. The van der Waals surface area contributed by atoms with Gasteiger partial charge in [-0.2, -0.15) is 0 Å². The number of anilines is 1. The fourth-order valence-corrected chi connectivity index (χ4v) is 5.31. The van der Waals surface area contributed by atoms with Crippen molar-refractivity contribution < 1.29 is 19.1 Å². The summed E-state index contributed by atoms with van der Waals surface area (Å²) < 4.78 is 5.32. The fourth-order valence-electron chi connectivity index (χ4n) is 4.48. The number of Topliss-reactive ketones (excluding diaryl/α,β-unsaturated/α-hetero) is 1. The molecule has 0 aromatic heterocycles. The van der Waals surface area contributed by atoms with E-state index in [1.54, 1.807) is 66.7 Å². The molecule has 0 bridgehead atoms. The Morgan fingerprint density at radius 1 is 0.727 bits per heavy atom. The maximum atomic E-state index is 13.5. The van der Waals surface area contributed by atoms with E-state index in [2.05, 4.69) is 10.6 Å². The Bertz CT molecular complexity index is 1790. The number of nitrogens with one attached hydrogen (secondary N) is 2. The number of para-hydroxylation sites is 1. The van der Waals surface area contributed by atoms with Gasteiger partial charge < -0.3 is 15.4 Å². The zero-order chi connectivity index (χ0) is 30.7. The van der Waals surface area contributed by atoms with Crippen LogP contribution in [-0.2, 0) is 4.79 Å². The highest BCUT2D eigenvalue weighted by molar-refractivity contribution is 8.00. The predicted octanol–water partition coefficient (Wildman–Crippen LogP) is 7.75. The first kappa shape index (κ1) is 30.1. The summed E-state index contributed by atoms with van der Waals surface area (Å²) in [6.45, 7) is 0. The van der Waals surface area contributed by atoms with Gasteiger partial charge in [-0.25, -0.2) is 0 Å². The van der Waals surface area contributed by atoms with Gasteiger partial charge in [0.05, 0.1) is 18.4 Å². The predicted molar refractivity (Wildman–Crippen MR) is 177 cm³/mol. The van der Waals surface area contributed by atoms with Crippen molar-refractivity contribution in [1.29, 1.82) is 0 Å². The molecule has 2 amide bonds. The van der Waals surface area contributed by atoms with E-state index in [-0.39, 0.29) is 17.2 Å². The van der Waals surface area contributed by atoms with E-state index in [1.807, 2.05) is 72.8 Å². The van der Waals surface area contributed by atoms with Crippen LogP contribution < -0.4 is 15.4 Å². The Morgan fingerprint density at radius 3 is 2.11 bits per heavy atom. The summed E-state index contributed by atoms with van der Waals surface area (Å²) in [5.41, 5.74) is 4.46. The van der Waals surface area contributed by atoms with Crippen LogP contribution in [0, 0.1) is 0 Å². The molecule has 0 radical (unpaired) electrons. The van der Waals surface area contributed by atoms with Crippen LogP contribution in [0.4, 0.5) is 5.69 Å². The zero-order valence-electron chi connectivity index (χ0n) is 24.0. The summed E-state index contributed by atoms with van der Waals surface area (Å²) in [4.78, 5) is 40.2. The number of hydrogen-bond donors (Lipinski definition) is 2. The molecule has 5 aromatic carbocycles. The van der Waals surface area contributed by atoms with Crippen LogP contribution in [0.2, 0.25) is 0 Å². The van der Waals surface area contributed by atoms with Crippen LogP contribution >= 0.6 is 11.8 Å². The molecule has 2 N–H and O–H groups in total. The molecular weight excluding hydrogens is 568 g/mol. The van der Waals surface area contributed by atoms with Crippen molar-refractivity contribution in [2.45, 2.75) is 4.90 Å². The van der Waals surface area contributed by atoms with Gasteiger partial charge >= 0.3 is 0 Å². The summed E-state index contributed by atoms with van der Waals surface area (Å²) in [6.07, 6.45) is 1.65. The first-order valence-electron chi connectivity index (χ1n) is 13.9. The first-order chi connectivity index (χ1) is 21.5. The van der Waals surface area contributed by atoms with Gasteiger partial charge in [0.25, 0.3) is 11.8 Å². The summed E-state index contributed by atoms with van der Waals surface area (Å²) in [5, 5.41) is 5.67. The van der Waals surface area contributed by atoms with E-state index < -0.39 is 11.8 Å². The molecule has 0 unspecified atom stereocenters. The summed E-state index contributed by atoms with van der Waals surface area (Å²) in [6, 6.07) is 40.8. The molecule has 0 heterocycles. The average molecular weight is 599 g/mol. The molecule has 7 heteroatoms. The van der Waals surface area contributed by atoms with Crippen molar-refractivity contribution in [2.24, 2.45) is 0 Å². The molecular formula is C37H30N2O4S. The number of rotatable bonds is 11. The maximum absolute atomic E-state index is 13.5. The SMILES string of the molecule is COc1ccccc1C(=O)CSc1cccc(NC(=O)/C(=C/c2ccc(-c3ccccc3)cc2)NC(=O)c2ccccc2)c1. The van der Waals surface area contributed by atoms with Gasteiger partial charge in [-0.05, 0) is 65.2 Å². The highest BCUT2D eigenvalue weighted by Crippen LogP contribution is 2.26. The van der Waals surface area contributed by atoms with Gasteiger partial charge in [-0.1, -0.05) is 91.0 Å². The van der Waals surface area contributed by atoms with Crippen LogP contribution in [0.25, 0.3) is 17.2 Å². The monoisotopic (exact) mass is 598 g/mol. The number of thioether (sulfide) groups is 1. The van der Waals surface area contributed by atoms with E-state index in [9.17, 15) is 14.4 Å². The minimum absolute atomic E-state index is 0.0611. The molecule has 0 aliphatic carbocycles. The maximum Gasteiger partial charge on any atom is 0.272 e. The number of carbonyl (C=O) groups is 3. The van der Waals surface area contributed by atoms with E-state index >= 15 is 0 Å². The third-order valence-electron chi connectivity index (χ3n) is 6.73. The quantitative estimate of drug-likeness (QED) is 0.0923. The summed E-state index contributed by atoms with van der Waals surface area (Å²) in [7, 11) is 1.54. The summed E-state index contributed by atoms with van der Waals surface area (Å²) >= 11 is 1.36. The van der Waals surface area contributed by atoms with Crippen molar-refractivity contribution in [3.8, 4) is 16.9 Å². The first-order valence-corrected chi connectivity index (χ1v) is 14.9. The molecule has 0 aliphatic rings. The Morgan fingerprint density at radius 2 is 1.39 bits per heavy atom. The number of ketones is 1. The standard InChI is InChI=1S/C37H30N2O4S/c1-43-35-18-9-8-17-32(35)34(40)25-44-31-16-10-15-30(24-31)38-37(42)33(39-36(41)29-13-6-3-7-14-29)23-26-19-21-28(22-20-26)27-11-4-2-5-12-27/h2-24H,25H2,1H3,(H,38,42)(H,39,41)/b33-23-. The van der Waals surface area contributed by atoms with Crippen molar-refractivity contribution in [2.75, 3.05) is 18.2 Å². The van der Waals surface area contributed by atoms with Crippen molar-refractivity contribution in [3.63, 3.8) is 0 Å². The topological polar surface area (TPSA) is 84.5 Å². The second-order valence-electron chi connectivity index (χ2n) is 9.76. The zero-order valence-corrected chi connectivity index (χ0v) is 24.8. The van der Waals surface area contributed by atoms with Crippen LogP contribution in [-0.4, -0.2) is 30.5 Å². The lowest BCUT2D eigenvalue weighted by atomic mass is 10.0. The smallest absolute Gasteiger partial charge is 0.272 e. The molecule has 44 heavy (non-hydrogen) atoms. The second-order valence-corrected chi connectivity index (χ2v) is 10.8. The van der Waals surface area contributed by atoms with Gasteiger partial charge in [-0.3, -0.25) is 14.4 Å². The minimum Gasteiger partial charge on any atom is -0.496 e. The van der Waals surface area contributed by atoms with Crippen LogP contribution in [0.15, 0.2) is 144 Å². The number of amides is 2. The molecule has 5 rings (SSSR count). The van der Waals surface area contributed by atoms with Gasteiger partial charge in [0.2, 0.25) is 0 Å². The Hall–Kier alpha value is -5.40. The number of ether oxygens (including phenoxy) is 1. The summed E-state index contributed by atoms with van der Waals surface area (Å²) in [5.74, 6) is -0.199. The number of methoxy groups -OCH3 is 1. The third-order valence-corrected chi connectivity index (χ3v) is 7.72. The Kier molecular flexibility index (Phi) is 10.0. The normalized spacial score (nSPS) is 11.0. The van der Waals surface area contributed by atoms with Crippen LogP contribution in [0.3, 0.4) is 0 Å².